The van der Waals surface area contributed by atoms with Crippen molar-refractivity contribution in [1.82, 2.24) is 0 Å². The van der Waals surface area contributed by atoms with E-state index in [0.717, 1.165) is 0 Å². The van der Waals surface area contributed by atoms with Gasteiger partial charge in [0.25, 0.3) is 9.05 Å². The number of carbonyl (C=O) groups excluding carboxylic acids is 1. The Morgan fingerprint density at radius 1 is 1.24 bits per heavy atom. The molecule has 5 nitrogen and oxygen atoms in total. The van der Waals surface area contributed by atoms with Gasteiger partial charge in [0.2, 0.25) is 0 Å². The molecule has 0 saturated heterocycles. The van der Waals surface area contributed by atoms with E-state index in [9.17, 15) is 13.2 Å². The number of hydrogen-bond acceptors (Lipinski definition) is 5. The lowest BCUT2D eigenvalue weighted by atomic mass is 10.3. The summed E-state index contributed by atoms with van der Waals surface area (Å²) < 4.78 is 31.8. The van der Waals surface area contributed by atoms with Crippen LogP contribution in [0.25, 0.3) is 0 Å². The Labute approximate surface area is 104 Å². The van der Waals surface area contributed by atoms with Crippen LogP contribution in [0.3, 0.4) is 0 Å². The highest BCUT2D eigenvalue weighted by atomic mass is 35.7. The second-order valence-electron chi connectivity index (χ2n) is 3.10. The zero-order valence-electron chi connectivity index (χ0n) is 9.05. The standard InChI is InChI=1S/C10H11ClO5S/c1-8(12)15-6-7-16-9-2-4-10(5-3-9)17(11,13)14/h2-5H,6-7H2,1H3. The summed E-state index contributed by atoms with van der Waals surface area (Å²) in [6.45, 7) is 1.65. The van der Waals surface area contributed by atoms with Gasteiger partial charge in [0.05, 0.1) is 4.90 Å². The first-order valence-corrected chi connectivity index (χ1v) is 7.01. The minimum absolute atomic E-state index is 0.00602. The zero-order valence-corrected chi connectivity index (χ0v) is 10.6. The quantitative estimate of drug-likeness (QED) is 0.464. The maximum absolute atomic E-state index is 10.9. The van der Waals surface area contributed by atoms with E-state index in [-0.39, 0.29) is 24.1 Å². The minimum Gasteiger partial charge on any atom is -0.490 e. The van der Waals surface area contributed by atoms with Gasteiger partial charge in [-0.15, -0.1) is 0 Å². The molecule has 1 aromatic carbocycles. The third-order valence-corrected chi connectivity index (χ3v) is 3.13. The Bertz CT molecular complexity index is 480. The molecule has 0 aliphatic rings. The predicted octanol–water partition coefficient (Wildman–Crippen LogP) is 1.56. The lowest BCUT2D eigenvalue weighted by Gasteiger charge is -2.06. The maximum Gasteiger partial charge on any atom is 0.302 e. The van der Waals surface area contributed by atoms with E-state index < -0.39 is 9.05 Å². The molecule has 1 aromatic rings. The number of benzene rings is 1. The van der Waals surface area contributed by atoms with Crippen molar-refractivity contribution in [3.63, 3.8) is 0 Å². The average molecular weight is 279 g/mol. The fourth-order valence-corrected chi connectivity index (χ4v) is 1.81. The van der Waals surface area contributed by atoms with E-state index >= 15 is 0 Å². The number of hydrogen-bond donors (Lipinski definition) is 0. The fourth-order valence-electron chi connectivity index (χ4n) is 1.04. The molecule has 17 heavy (non-hydrogen) atoms. The van der Waals surface area contributed by atoms with Gasteiger partial charge in [0, 0.05) is 17.6 Å². The molecule has 0 atom stereocenters. The van der Waals surface area contributed by atoms with Gasteiger partial charge >= 0.3 is 5.97 Å². The maximum atomic E-state index is 10.9. The van der Waals surface area contributed by atoms with Crippen LogP contribution in [0.1, 0.15) is 6.92 Å². The Morgan fingerprint density at radius 3 is 2.29 bits per heavy atom. The molecule has 0 aliphatic heterocycles. The van der Waals surface area contributed by atoms with Crippen LogP contribution >= 0.6 is 10.7 Å². The van der Waals surface area contributed by atoms with Crippen molar-refractivity contribution >= 4 is 25.7 Å². The van der Waals surface area contributed by atoms with Gasteiger partial charge in [-0.05, 0) is 24.3 Å². The van der Waals surface area contributed by atoms with Crippen LogP contribution in [0.5, 0.6) is 5.75 Å². The lowest BCUT2D eigenvalue weighted by molar-refractivity contribution is -0.141. The van der Waals surface area contributed by atoms with E-state index in [2.05, 4.69) is 4.74 Å². The Kier molecular flexibility index (Phi) is 4.77. The lowest BCUT2D eigenvalue weighted by Crippen LogP contribution is -2.09. The van der Waals surface area contributed by atoms with E-state index in [1.807, 2.05) is 0 Å². The van der Waals surface area contributed by atoms with Crippen LogP contribution < -0.4 is 4.74 Å². The molecule has 0 fully saturated rings. The first-order chi connectivity index (χ1) is 7.89. The molecular weight excluding hydrogens is 268 g/mol. The highest BCUT2D eigenvalue weighted by Crippen LogP contribution is 2.18. The summed E-state index contributed by atoms with van der Waals surface area (Å²) in [5.41, 5.74) is 0. The SMILES string of the molecule is CC(=O)OCCOc1ccc(S(=O)(=O)Cl)cc1. The Hall–Kier alpha value is -1.27. The molecule has 0 aromatic heterocycles. The van der Waals surface area contributed by atoms with Gasteiger partial charge in [0.1, 0.15) is 19.0 Å². The van der Waals surface area contributed by atoms with E-state index in [4.69, 9.17) is 15.4 Å². The summed E-state index contributed by atoms with van der Waals surface area (Å²) in [5.74, 6) is 0.0957. The molecule has 0 aliphatic carbocycles. The molecule has 0 spiro atoms. The molecule has 7 heteroatoms. The minimum atomic E-state index is -3.71. The van der Waals surface area contributed by atoms with Crippen molar-refractivity contribution in [2.24, 2.45) is 0 Å². The number of esters is 1. The van der Waals surface area contributed by atoms with Crippen molar-refractivity contribution in [2.75, 3.05) is 13.2 Å². The topological polar surface area (TPSA) is 69.7 Å². The monoisotopic (exact) mass is 278 g/mol. The van der Waals surface area contributed by atoms with Crippen LogP contribution in [0, 0.1) is 0 Å². The van der Waals surface area contributed by atoms with Gasteiger partial charge < -0.3 is 9.47 Å². The molecule has 0 radical (unpaired) electrons. The van der Waals surface area contributed by atoms with E-state index in [1.54, 1.807) is 0 Å². The number of carbonyl (C=O) groups is 1. The van der Waals surface area contributed by atoms with Gasteiger partial charge in [0.15, 0.2) is 0 Å². The van der Waals surface area contributed by atoms with Crippen molar-refractivity contribution in [3.8, 4) is 5.75 Å². The summed E-state index contributed by atoms with van der Waals surface area (Å²) in [4.78, 5) is 10.5. The molecule has 0 N–H and O–H groups in total. The number of ether oxygens (including phenoxy) is 2. The second kappa shape index (κ2) is 5.88. The predicted molar refractivity (Wildman–Crippen MR) is 61.6 cm³/mol. The van der Waals surface area contributed by atoms with Crippen LogP contribution in [-0.2, 0) is 18.6 Å². The summed E-state index contributed by atoms with van der Waals surface area (Å²) in [6, 6.07) is 5.62. The van der Waals surface area contributed by atoms with Crippen molar-refractivity contribution < 1.29 is 22.7 Å². The Morgan fingerprint density at radius 2 is 1.82 bits per heavy atom. The van der Waals surface area contributed by atoms with E-state index in [1.165, 1.54) is 31.2 Å². The molecule has 0 amide bonds. The largest absolute Gasteiger partial charge is 0.490 e. The molecule has 1 rings (SSSR count). The third kappa shape index (κ3) is 5.06. The highest BCUT2D eigenvalue weighted by molar-refractivity contribution is 8.13. The summed E-state index contributed by atoms with van der Waals surface area (Å²) in [6.07, 6.45) is 0. The van der Waals surface area contributed by atoms with Crippen molar-refractivity contribution in [1.29, 1.82) is 0 Å². The molecule has 94 valence electrons. The van der Waals surface area contributed by atoms with E-state index in [0.29, 0.717) is 5.75 Å². The molecule has 0 bridgehead atoms. The van der Waals surface area contributed by atoms with Gasteiger partial charge in [-0.2, -0.15) is 0 Å². The van der Waals surface area contributed by atoms with Gasteiger partial charge in [-0.25, -0.2) is 8.42 Å². The smallest absolute Gasteiger partial charge is 0.302 e. The van der Waals surface area contributed by atoms with Gasteiger partial charge in [-0.3, -0.25) is 4.79 Å². The van der Waals surface area contributed by atoms with Crippen molar-refractivity contribution in [2.45, 2.75) is 11.8 Å². The number of halogens is 1. The number of rotatable bonds is 5. The third-order valence-electron chi connectivity index (χ3n) is 1.76. The molecule has 0 saturated carbocycles. The van der Waals surface area contributed by atoms with Crippen LogP contribution in [-0.4, -0.2) is 27.6 Å². The second-order valence-corrected chi connectivity index (χ2v) is 5.66. The Balaban J connectivity index is 2.49. The molecule has 0 heterocycles. The zero-order chi connectivity index (χ0) is 12.9. The highest BCUT2D eigenvalue weighted by Gasteiger charge is 2.09. The summed E-state index contributed by atoms with van der Waals surface area (Å²) in [7, 11) is 1.44. The van der Waals surface area contributed by atoms with Gasteiger partial charge in [-0.1, -0.05) is 0 Å². The first kappa shape index (κ1) is 13.8. The molecular formula is C10H11ClO5S. The summed E-state index contributed by atoms with van der Waals surface area (Å²) in [5, 5.41) is 0. The first-order valence-electron chi connectivity index (χ1n) is 4.70. The van der Waals surface area contributed by atoms with Crippen LogP contribution in [0.2, 0.25) is 0 Å². The van der Waals surface area contributed by atoms with Crippen LogP contribution in [0.15, 0.2) is 29.2 Å². The normalized spacial score (nSPS) is 10.9. The fraction of sp³-hybridized carbons (Fsp3) is 0.300. The molecule has 0 unspecified atom stereocenters. The summed E-state index contributed by atoms with van der Waals surface area (Å²) >= 11 is 0. The average Bonchev–Trinajstić information content (AvgIpc) is 2.23. The van der Waals surface area contributed by atoms with Crippen LogP contribution in [0.4, 0.5) is 0 Å². The van der Waals surface area contributed by atoms with Crippen molar-refractivity contribution in [3.05, 3.63) is 24.3 Å².